The predicted molar refractivity (Wildman–Crippen MR) is 83.9 cm³/mol. The van der Waals surface area contributed by atoms with Crippen molar-refractivity contribution >= 4 is 23.5 Å². The second kappa shape index (κ2) is 7.77. The predicted octanol–water partition coefficient (Wildman–Crippen LogP) is -1.14. The number of nitrogens with zero attached hydrogens (tertiary/aromatic N) is 4. The molecule has 24 heavy (non-hydrogen) atoms. The fourth-order valence-corrected chi connectivity index (χ4v) is 2.48. The van der Waals surface area contributed by atoms with E-state index < -0.39 is 17.8 Å². The molecule has 1 unspecified atom stereocenters. The van der Waals surface area contributed by atoms with Crippen molar-refractivity contribution < 1.29 is 24.0 Å². The number of ether oxygens (including phenoxy) is 1. The van der Waals surface area contributed by atoms with Crippen molar-refractivity contribution in [2.75, 3.05) is 41.0 Å². The van der Waals surface area contributed by atoms with E-state index in [0.29, 0.717) is 23.9 Å². The number of hydrogen-bond acceptors (Lipinski definition) is 9. The van der Waals surface area contributed by atoms with Gasteiger partial charge in [-0.05, 0) is 13.0 Å². The van der Waals surface area contributed by atoms with Gasteiger partial charge in [0, 0.05) is 26.6 Å². The van der Waals surface area contributed by atoms with E-state index in [0.717, 1.165) is 24.6 Å². The summed E-state index contributed by atoms with van der Waals surface area (Å²) in [6.45, 7) is 2.00. The van der Waals surface area contributed by atoms with Crippen molar-refractivity contribution in [3.63, 3.8) is 0 Å². The Labute approximate surface area is 139 Å². The van der Waals surface area contributed by atoms with Crippen LogP contribution in [0.3, 0.4) is 0 Å². The second-order valence-electron chi connectivity index (χ2n) is 4.98. The molecule has 1 fully saturated rings. The number of nitrogens with two attached hydrogens (primary N) is 1. The molecule has 0 aromatic carbocycles. The lowest BCUT2D eigenvalue weighted by Gasteiger charge is -2.40. The molecule has 11 heteroatoms. The monoisotopic (exact) mass is 342 g/mol. The summed E-state index contributed by atoms with van der Waals surface area (Å²) >= 11 is 0. The zero-order valence-electron chi connectivity index (χ0n) is 13.9. The van der Waals surface area contributed by atoms with E-state index in [1.54, 1.807) is 0 Å². The Morgan fingerprint density at radius 1 is 1.21 bits per heavy atom. The van der Waals surface area contributed by atoms with Crippen LogP contribution in [-0.4, -0.2) is 80.4 Å². The molecule has 2 heterocycles. The number of aliphatic imine (C=N–C) groups is 2. The van der Waals surface area contributed by atoms with E-state index in [9.17, 15) is 9.59 Å². The Kier molecular flexibility index (Phi) is 5.96. The molecule has 3 N–H and O–H groups in total. The lowest BCUT2D eigenvalue weighted by molar-refractivity contribution is -0.246. The smallest absolute Gasteiger partial charge is 0.333 e. The SMILES string of the molecule is CON1C(=O)C2=NC(CCCNCCN)=NC2(OC)N(OC)C1=O. The molecule has 0 aromatic heterocycles. The maximum absolute atomic E-state index is 12.4. The first kappa shape index (κ1) is 18.4. The molecule has 2 aliphatic heterocycles. The van der Waals surface area contributed by atoms with Gasteiger partial charge in [0.2, 0.25) is 0 Å². The molecule has 134 valence electrons. The Hall–Kier alpha value is -1.92. The van der Waals surface area contributed by atoms with Crippen molar-refractivity contribution in [1.82, 2.24) is 15.4 Å². The van der Waals surface area contributed by atoms with Gasteiger partial charge in [-0.15, -0.1) is 10.1 Å². The van der Waals surface area contributed by atoms with Crippen LogP contribution in [0.5, 0.6) is 0 Å². The van der Waals surface area contributed by atoms with Crippen LogP contribution in [0, 0.1) is 0 Å². The highest BCUT2D eigenvalue weighted by atomic mass is 16.8. The highest BCUT2D eigenvalue weighted by Crippen LogP contribution is 2.33. The molecule has 3 amide bonds. The van der Waals surface area contributed by atoms with Crippen molar-refractivity contribution in [3.8, 4) is 0 Å². The number of carbonyl (C=O) groups is 2. The van der Waals surface area contributed by atoms with Crippen molar-refractivity contribution in [2.24, 2.45) is 15.7 Å². The van der Waals surface area contributed by atoms with Crippen LogP contribution in [0.2, 0.25) is 0 Å². The van der Waals surface area contributed by atoms with Gasteiger partial charge in [0.05, 0.1) is 14.2 Å². The number of hydroxylamine groups is 4. The van der Waals surface area contributed by atoms with Crippen LogP contribution in [-0.2, 0) is 19.2 Å². The number of nitrogens with one attached hydrogen (secondary N) is 1. The zero-order valence-corrected chi connectivity index (χ0v) is 13.9. The molecule has 0 radical (unpaired) electrons. The first-order valence-corrected chi connectivity index (χ1v) is 7.46. The van der Waals surface area contributed by atoms with Crippen LogP contribution in [0.4, 0.5) is 4.79 Å². The van der Waals surface area contributed by atoms with Crippen LogP contribution in [0.15, 0.2) is 9.98 Å². The summed E-state index contributed by atoms with van der Waals surface area (Å²) in [7, 11) is 3.79. The number of amidine groups is 1. The topological polar surface area (TPSA) is 131 Å². The minimum atomic E-state index is -1.72. The average molecular weight is 342 g/mol. The van der Waals surface area contributed by atoms with Gasteiger partial charge >= 0.3 is 17.8 Å². The molecule has 1 saturated heterocycles. The number of urea groups is 1. The van der Waals surface area contributed by atoms with Gasteiger partial charge in [0.1, 0.15) is 5.84 Å². The fourth-order valence-electron chi connectivity index (χ4n) is 2.48. The maximum atomic E-state index is 12.4. The standard InChI is InChI=1S/C13H22N6O5/c1-22-13-10(11(20)18(23-2)12(21)19(13)24-3)16-9(17-13)5-4-7-15-8-6-14/h15H,4-8,14H2,1-3H3. The summed E-state index contributed by atoms with van der Waals surface area (Å²) in [6, 6.07) is -0.847. The number of rotatable bonds is 9. The lowest BCUT2D eigenvalue weighted by atomic mass is 10.2. The number of carbonyl (C=O) groups excluding carboxylic acids is 2. The molecular weight excluding hydrogens is 320 g/mol. The number of fused-ring (bicyclic) bond motifs is 1. The molecule has 0 aliphatic carbocycles. The minimum absolute atomic E-state index is 0.0850. The molecule has 1 atom stereocenters. The number of amides is 3. The third-order valence-electron chi connectivity index (χ3n) is 3.56. The van der Waals surface area contributed by atoms with Crippen LogP contribution >= 0.6 is 0 Å². The Morgan fingerprint density at radius 3 is 2.54 bits per heavy atom. The molecule has 0 aromatic rings. The largest absolute Gasteiger partial charge is 0.380 e. The summed E-state index contributed by atoms with van der Waals surface area (Å²) in [5.41, 5.74) is 5.32. The molecule has 0 saturated carbocycles. The van der Waals surface area contributed by atoms with E-state index in [1.807, 2.05) is 0 Å². The van der Waals surface area contributed by atoms with E-state index >= 15 is 0 Å². The third-order valence-corrected chi connectivity index (χ3v) is 3.56. The van der Waals surface area contributed by atoms with Crippen molar-refractivity contribution in [3.05, 3.63) is 0 Å². The molecule has 11 nitrogen and oxygen atoms in total. The Morgan fingerprint density at radius 2 is 1.96 bits per heavy atom. The van der Waals surface area contributed by atoms with Gasteiger partial charge in [0.25, 0.3) is 0 Å². The summed E-state index contributed by atoms with van der Waals surface area (Å²) in [5, 5.41) is 4.51. The molecule has 2 aliphatic rings. The van der Waals surface area contributed by atoms with Crippen molar-refractivity contribution in [1.29, 1.82) is 0 Å². The van der Waals surface area contributed by atoms with Gasteiger partial charge in [-0.3, -0.25) is 14.5 Å². The Balaban J connectivity index is 2.22. The number of methoxy groups -OCH3 is 1. The van der Waals surface area contributed by atoms with Crippen molar-refractivity contribution in [2.45, 2.75) is 18.7 Å². The normalized spacial score (nSPS) is 23.5. The zero-order chi connectivity index (χ0) is 17.7. The van der Waals surface area contributed by atoms with Gasteiger partial charge in [-0.1, -0.05) is 0 Å². The molecular formula is C13H22N6O5. The maximum Gasteiger partial charge on any atom is 0.380 e. The van der Waals surface area contributed by atoms with E-state index in [1.165, 1.54) is 21.3 Å². The first-order valence-electron chi connectivity index (χ1n) is 7.46. The van der Waals surface area contributed by atoms with E-state index in [4.69, 9.17) is 20.1 Å². The third kappa shape index (κ3) is 3.03. The number of imide groups is 1. The van der Waals surface area contributed by atoms with Crippen LogP contribution in [0.1, 0.15) is 12.8 Å². The quantitative estimate of drug-likeness (QED) is 0.506. The fraction of sp³-hybridized carbons (Fsp3) is 0.692. The van der Waals surface area contributed by atoms with E-state index in [-0.39, 0.29) is 5.71 Å². The van der Waals surface area contributed by atoms with Gasteiger partial charge in [-0.2, -0.15) is 0 Å². The first-order chi connectivity index (χ1) is 11.6. The highest BCUT2D eigenvalue weighted by Gasteiger charge is 2.60. The summed E-state index contributed by atoms with van der Waals surface area (Å²) in [4.78, 5) is 43.1. The van der Waals surface area contributed by atoms with Crippen LogP contribution in [0.25, 0.3) is 0 Å². The lowest BCUT2D eigenvalue weighted by Crippen LogP contribution is -2.68. The van der Waals surface area contributed by atoms with Gasteiger partial charge in [0.15, 0.2) is 5.71 Å². The minimum Gasteiger partial charge on any atom is -0.333 e. The molecule has 2 rings (SSSR count). The van der Waals surface area contributed by atoms with Gasteiger partial charge < -0.3 is 15.8 Å². The summed E-state index contributed by atoms with van der Waals surface area (Å²) in [5.74, 6) is -2.07. The van der Waals surface area contributed by atoms with E-state index in [2.05, 4.69) is 15.3 Å². The van der Waals surface area contributed by atoms with Crippen LogP contribution < -0.4 is 11.1 Å². The Bertz CT molecular complexity index is 565. The highest BCUT2D eigenvalue weighted by molar-refractivity contribution is 6.47. The molecule has 0 spiro atoms. The average Bonchev–Trinajstić information content (AvgIpc) is 2.95. The summed E-state index contributed by atoms with van der Waals surface area (Å²) in [6.07, 6.45) is 1.23. The molecule has 0 bridgehead atoms. The second-order valence-corrected chi connectivity index (χ2v) is 4.98. The van der Waals surface area contributed by atoms with Gasteiger partial charge in [-0.25, -0.2) is 14.8 Å². The number of hydrogen-bond donors (Lipinski definition) is 2. The summed E-state index contributed by atoms with van der Waals surface area (Å²) < 4.78 is 5.34.